The Labute approximate surface area is 53.0 Å². The van der Waals surface area contributed by atoms with E-state index in [-0.39, 0.29) is 0 Å². The van der Waals surface area contributed by atoms with Crippen molar-refractivity contribution >= 4 is 0 Å². The van der Waals surface area contributed by atoms with Crippen LogP contribution >= 0.6 is 0 Å². The van der Waals surface area contributed by atoms with Crippen LogP contribution in [0.2, 0.25) is 0 Å². The minimum atomic E-state index is 0.579. The van der Waals surface area contributed by atoms with Crippen molar-refractivity contribution in [1.82, 2.24) is 0 Å². The second kappa shape index (κ2) is 6.80. The van der Waals surface area contributed by atoms with Gasteiger partial charge in [0.1, 0.15) is 0 Å². The Balaban J connectivity index is 2.91. The van der Waals surface area contributed by atoms with Gasteiger partial charge in [0.2, 0.25) is 0 Å². The van der Waals surface area contributed by atoms with Gasteiger partial charge >= 0.3 is 0 Å². The zero-order valence-electron chi connectivity index (χ0n) is 5.06. The molecule has 0 heterocycles. The number of nitrogens with two attached hydrogens (primary N) is 2. The molecule has 0 atom stereocenters. The molecule has 52 valence electrons. The first kappa shape index (κ1) is 7.80. The van der Waals surface area contributed by atoms with Crippen molar-refractivity contribution < 1.29 is 0 Å². The van der Waals surface area contributed by atoms with E-state index in [1.165, 1.54) is 0 Å². The van der Waals surface area contributed by atoms with Crippen molar-refractivity contribution in [3.63, 3.8) is 0 Å². The highest BCUT2D eigenvalue weighted by Gasteiger charge is 1.80. The molecule has 0 aliphatic heterocycles. The quantitative estimate of drug-likeness (QED) is 0.242. The summed E-state index contributed by atoms with van der Waals surface area (Å²) in [5.41, 5.74) is 0. The van der Waals surface area contributed by atoms with E-state index < -0.39 is 0 Å². The second-order valence-corrected chi connectivity index (χ2v) is 1.31. The summed E-state index contributed by atoms with van der Waals surface area (Å²) in [4.78, 5) is 0. The lowest BCUT2D eigenvalue weighted by atomic mass is 10.4. The first-order valence-electron chi connectivity index (χ1n) is 2.55. The highest BCUT2D eigenvalue weighted by molar-refractivity contribution is 4.41. The van der Waals surface area contributed by atoms with Crippen LogP contribution in [0.5, 0.6) is 0 Å². The molecule has 0 fully saturated rings. The van der Waals surface area contributed by atoms with E-state index in [1.54, 1.807) is 0 Å². The highest BCUT2D eigenvalue weighted by Crippen LogP contribution is 1.81. The van der Waals surface area contributed by atoms with Crippen LogP contribution in [-0.4, -0.2) is 13.1 Å². The van der Waals surface area contributed by atoms with E-state index in [4.69, 9.17) is 11.7 Å². The largest absolute Gasteiger partial charge is 0.305 e. The molecule has 0 aliphatic rings. The van der Waals surface area contributed by atoms with Crippen molar-refractivity contribution in [3.05, 3.63) is 0 Å². The minimum absolute atomic E-state index is 0.579. The summed E-state index contributed by atoms with van der Waals surface area (Å²) in [5.74, 6) is 9.45. The summed E-state index contributed by atoms with van der Waals surface area (Å²) in [5, 5.41) is 13.1. The minimum Gasteiger partial charge on any atom is -0.305 e. The molecule has 0 spiro atoms. The van der Waals surface area contributed by atoms with Gasteiger partial charge in [-0.1, -0.05) is 10.4 Å². The molecule has 4 N–H and O–H groups in total. The van der Waals surface area contributed by atoms with E-state index >= 15 is 0 Å². The summed E-state index contributed by atoms with van der Waals surface area (Å²) in [6.07, 6.45) is 0.779. The van der Waals surface area contributed by atoms with Crippen molar-refractivity contribution in [2.75, 3.05) is 13.1 Å². The summed E-state index contributed by atoms with van der Waals surface area (Å²) in [6, 6.07) is 0. The fourth-order valence-electron chi connectivity index (χ4n) is 0.328. The van der Waals surface area contributed by atoms with Gasteiger partial charge in [0.15, 0.2) is 0 Å². The summed E-state index contributed by atoms with van der Waals surface area (Å²) in [7, 11) is 0. The van der Waals surface area contributed by atoms with Gasteiger partial charge in [-0.15, -0.1) is 0 Å². The van der Waals surface area contributed by atoms with Crippen molar-refractivity contribution in [2.45, 2.75) is 6.42 Å². The van der Waals surface area contributed by atoms with Crippen LogP contribution in [0.1, 0.15) is 6.42 Å². The second-order valence-electron chi connectivity index (χ2n) is 1.31. The maximum absolute atomic E-state index is 4.72. The van der Waals surface area contributed by atoms with Gasteiger partial charge in [0.05, 0.1) is 13.1 Å². The number of rotatable bonds is 4. The third-order valence-corrected chi connectivity index (χ3v) is 0.680. The zero-order valence-corrected chi connectivity index (χ0v) is 5.06. The normalized spacial score (nSPS) is 11.6. The molecule has 6 heteroatoms. The van der Waals surface area contributed by atoms with Gasteiger partial charge in [0.25, 0.3) is 0 Å². The van der Waals surface area contributed by atoms with E-state index in [0.29, 0.717) is 13.1 Å². The molecule has 0 amide bonds. The van der Waals surface area contributed by atoms with Crippen molar-refractivity contribution in [3.8, 4) is 0 Å². The van der Waals surface area contributed by atoms with E-state index in [1.807, 2.05) is 0 Å². The van der Waals surface area contributed by atoms with Crippen LogP contribution in [0.4, 0.5) is 0 Å². The average Bonchev–Trinajstić information content (AvgIpc) is 1.89. The monoisotopic (exact) mass is 130 g/mol. The number of hydrogen-bond donors (Lipinski definition) is 2. The highest BCUT2D eigenvalue weighted by atomic mass is 15.3. The topological polar surface area (TPSA) is 101 Å². The molecule has 0 aliphatic carbocycles. The van der Waals surface area contributed by atoms with Crippen LogP contribution in [0.15, 0.2) is 20.7 Å². The third kappa shape index (κ3) is 6.80. The van der Waals surface area contributed by atoms with Gasteiger partial charge in [-0.25, -0.2) is 0 Å². The molecule has 6 nitrogen and oxygen atoms in total. The van der Waals surface area contributed by atoms with Gasteiger partial charge in [-0.2, -0.15) is 10.2 Å². The molecule has 0 saturated carbocycles. The van der Waals surface area contributed by atoms with E-state index in [9.17, 15) is 0 Å². The van der Waals surface area contributed by atoms with Crippen molar-refractivity contribution in [2.24, 2.45) is 32.4 Å². The predicted molar refractivity (Wildman–Crippen MR) is 32.4 cm³/mol. The molecule has 0 aromatic carbocycles. The third-order valence-electron chi connectivity index (χ3n) is 0.680. The van der Waals surface area contributed by atoms with Crippen molar-refractivity contribution in [1.29, 1.82) is 0 Å². The maximum Gasteiger partial charge on any atom is 0.0638 e. The zero-order chi connectivity index (χ0) is 6.95. The lowest BCUT2D eigenvalue weighted by molar-refractivity contribution is 0.758. The van der Waals surface area contributed by atoms with E-state index in [2.05, 4.69) is 20.7 Å². The molecule has 0 aromatic rings. The smallest absolute Gasteiger partial charge is 0.0638 e. The summed E-state index contributed by atoms with van der Waals surface area (Å²) < 4.78 is 0. The Morgan fingerprint density at radius 1 is 0.889 bits per heavy atom. The molecule has 0 saturated heterocycles. The SMILES string of the molecule is NN=NCCCN=NN. The maximum atomic E-state index is 4.72. The fourth-order valence-corrected chi connectivity index (χ4v) is 0.328. The van der Waals surface area contributed by atoms with Crippen LogP contribution in [-0.2, 0) is 0 Å². The Morgan fingerprint density at radius 3 is 1.67 bits per heavy atom. The molecule has 0 radical (unpaired) electrons. The first-order chi connectivity index (χ1) is 4.41. The lowest BCUT2D eigenvalue weighted by Gasteiger charge is -1.84. The summed E-state index contributed by atoms with van der Waals surface area (Å²) in [6.45, 7) is 1.16. The molecular weight excluding hydrogens is 120 g/mol. The number of nitrogens with zero attached hydrogens (tertiary/aromatic N) is 4. The molecule has 0 bridgehead atoms. The van der Waals surface area contributed by atoms with E-state index in [0.717, 1.165) is 6.42 Å². The Morgan fingerprint density at radius 2 is 1.33 bits per heavy atom. The molecule has 0 unspecified atom stereocenters. The number of hydrogen-bond acceptors (Lipinski definition) is 4. The van der Waals surface area contributed by atoms with Crippen LogP contribution in [0.25, 0.3) is 0 Å². The summed E-state index contributed by atoms with van der Waals surface area (Å²) >= 11 is 0. The molecule has 0 aromatic heterocycles. The lowest BCUT2D eigenvalue weighted by Crippen LogP contribution is -1.87. The van der Waals surface area contributed by atoms with Crippen LogP contribution < -0.4 is 11.7 Å². The van der Waals surface area contributed by atoms with Crippen LogP contribution in [0.3, 0.4) is 0 Å². The van der Waals surface area contributed by atoms with Gasteiger partial charge in [0, 0.05) is 0 Å². The Bertz CT molecular complexity index is 84.5. The molecular formula is C3H10N6. The Kier molecular flexibility index (Phi) is 5.89. The first-order valence-corrected chi connectivity index (χ1v) is 2.55. The van der Waals surface area contributed by atoms with Gasteiger partial charge in [-0.05, 0) is 6.42 Å². The van der Waals surface area contributed by atoms with Gasteiger partial charge in [-0.3, -0.25) is 0 Å². The predicted octanol–water partition coefficient (Wildman–Crippen LogP) is 0.0283. The standard InChI is InChI=1S/C3H10N6/c4-8-6-2-1-3-7-9-5/h1-3H2,(H2,4,6)(H2,5,7). The molecule has 0 rings (SSSR count). The Hall–Kier alpha value is -1.20. The molecule has 9 heavy (non-hydrogen) atoms. The van der Waals surface area contributed by atoms with Gasteiger partial charge < -0.3 is 11.7 Å². The van der Waals surface area contributed by atoms with Crippen LogP contribution in [0, 0.1) is 0 Å². The average molecular weight is 130 g/mol. The fraction of sp³-hybridized carbons (Fsp3) is 1.00.